The molecule has 1 aliphatic heterocycles. The third-order valence-corrected chi connectivity index (χ3v) is 3.63. The second-order valence-electron chi connectivity index (χ2n) is 4.95. The normalized spacial score (nSPS) is 17.9. The monoisotopic (exact) mass is 284 g/mol. The molecule has 0 aromatic heterocycles. The molecule has 0 aliphatic carbocycles. The second kappa shape index (κ2) is 6.25. The molecule has 20 heavy (non-hydrogen) atoms. The maximum absolute atomic E-state index is 13.5. The van der Waals surface area contributed by atoms with Gasteiger partial charge in [0.2, 0.25) is 5.82 Å². The van der Waals surface area contributed by atoms with Crippen molar-refractivity contribution in [3.05, 3.63) is 39.7 Å². The van der Waals surface area contributed by atoms with Crippen molar-refractivity contribution in [2.45, 2.75) is 24.9 Å². The number of nitrogens with zero attached hydrogens (tertiary/aromatic N) is 1. The van der Waals surface area contributed by atoms with Crippen LogP contribution in [0.4, 0.5) is 10.1 Å². The van der Waals surface area contributed by atoms with E-state index >= 15 is 0 Å². The van der Waals surface area contributed by atoms with Gasteiger partial charge in [-0.15, -0.1) is 0 Å². The van der Waals surface area contributed by atoms with Crippen molar-refractivity contribution in [2.24, 2.45) is 0 Å². The Hall–Kier alpha value is -1.57. The maximum atomic E-state index is 13.5. The molecule has 1 aromatic carbocycles. The first-order chi connectivity index (χ1) is 9.56. The number of nitro groups is 1. The minimum Gasteiger partial charge on any atom is -0.394 e. The fourth-order valence-corrected chi connectivity index (χ4v) is 2.25. The summed E-state index contributed by atoms with van der Waals surface area (Å²) in [5.41, 5.74) is -0.347. The lowest BCUT2D eigenvalue weighted by Crippen LogP contribution is -2.51. The molecule has 0 radical (unpaired) electrons. The average molecular weight is 284 g/mol. The number of hydrogen-bond donors (Lipinski definition) is 2. The van der Waals surface area contributed by atoms with Crippen LogP contribution in [-0.2, 0) is 11.3 Å². The van der Waals surface area contributed by atoms with E-state index in [-0.39, 0.29) is 6.61 Å². The van der Waals surface area contributed by atoms with E-state index in [0.29, 0.717) is 38.2 Å². The first kappa shape index (κ1) is 14.8. The van der Waals surface area contributed by atoms with Crippen LogP contribution in [0, 0.1) is 15.9 Å². The Bertz CT molecular complexity index is 489. The molecule has 1 heterocycles. The molecule has 6 nitrogen and oxygen atoms in total. The van der Waals surface area contributed by atoms with E-state index in [1.54, 1.807) is 0 Å². The highest BCUT2D eigenvalue weighted by atomic mass is 19.1. The van der Waals surface area contributed by atoms with Gasteiger partial charge in [0, 0.05) is 31.4 Å². The fourth-order valence-electron chi connectivity index (χ4n) is 2.25. The summed E-state index contributed by atoms with van der Waals surface area (Å²) in [4.78, 5) is 9.79. The highest BCUT2D eigenvalue weighted by Gasteiger charge is 2.31. The Morgan fingerprint density at radius 2 is 2.15 bits per heavy atom. The van der Waals surface area contributed by atoms with E-state index in [1.807, 2.05) is 0 Å². The van der Waals surface area contributed by atoms with Gasteiger partial charge in [-0.05, 0) is 24.5 Å². The van der Waals surface area contributed by atoms with E-state index in [4.69, 9.17) is 4.74 Å². The number of nitro benzene ring substituents is 1. The fraction of sp³-hybridized carbons (Fsp3) is 0.538. The number of rotatable bonds is 5. The highest BCUT2D eigenvalue weighted by Crippen LogP contribution is 2.22. The van der Waals surface area contributed by atoms with Gasteiger partial charge in [0.05, 0.1) is 11.5 Å². The van der Waals surface area contributed by atoms with Crippen molar-refractivity contribution in [1.29, 1.82) is 0 Å². The molecule has 2 rings (SSSR count). The molecular weight excluding hydrogens is 267 g/mol. The first-order valence-electron chi connectivity index (χ1n) is 6.43. The van der Waals surface area contributed by atoms with Crippen LogP contribution in [0.1, 0.15) is 18.4 Å². The molecule has 0 spiro atoms. The van der Waals surface area contributed by atoms with Crippen molar-refractivity contribution < 1.29 is 19.2 Å². The quantitative estimate of drug-likeness (QED) is 0.630. The Balaban J connectivity index is 2.03. The van der Waals surface area contributed by atoms with E-state index in [0.717, 1.165) is 12.1 Å². The summed E-state index contributed by atoms with van der Waals surface area (Å²) < 4.78 is 18.8. The standard InChI is InChI=1S/C13H17FN2O4/c14-11-7-10(1-2-12(11)16(18)19)8-15-13(9-17)3-5-20-6-4-13/h1-2,7,15,17H,3-6,8-9H2. The molecule has 1 aliphatic rings. The van der Waals surface area contributed by atoms with Gasteiger partial charge in [-0.3, -0.25) is 10.1 Å². The molecule has 0 unspecified atom stereocenters. The predicted molar refractivity (Wildman–Crippen MR) is 69.8 cm³/mol. The molecule has 7 heteroatoms. The number of ether oxygens (including phenoxy) is 1. The van der Waals surface area contributed by atoms with Crippen LogP contribution < -0.4 is 5.32 Å². The number of benzene rings is 1. The van der Waals surface area contributed by atoms with Crippen molar-refractivity contribution in [1.82, 2.24) is 5.32 Å². The van der Waals surface area contributed by atoms with Crippen LogP contribution >= 0.6 is 0 Å². The molecule has 0 saturated carbocycles. The van der Waals surface area contributed by atoms with Gasteiger partial charge in [-0.25, -0.2) is 0 Å². The van der Waals surface area contributed by atoms with E-state index in [2.05, 4.69) is 5.32 Å². The summed E-state index contributed by atoms with van der Waals surface area (Å²) in [6.45, 7) is 1.46. The molecule has 0 amide bonds. The number of aliphatic hydroxyl groups is 1. The van der Waals surface area contributed by atoms with Gasteiger partial charge in [-0.2, -0.15) is 4.39 Å². The molecule has 110 valence electrons. The van der Waals surface area contributed by atoms with Crippen LogP contribution in [0.25, 0.3) is 0 Å². The van der Waals surface area contributed by atoms with Gasteiger partial charge in [0.1, 0.15) is 0 Å². The van der Waals surface area contributed by atoms with Gasteiger partial charge in [0.15, 0.2) is 0 Å². The average Bonchev–Trinajstić information content (AvgIpc) is 2.46. The Morgan fingerprint density at radius 1 is 1.45 bits per heavy atom. The van der Waals surface area contributed by atoms with Gasteiger partial charge < -0.3 is 15.2 Å². The minimum atomic E-state index is -0.848. The number of nitrogens with one attached hydrogen (secondary N) is 1. The van der Waals surface area contributed by atoms with Crippen molar-refractivity contribution in [3.63, 3.8) is 0 Å². The summed E-state index contributed by atoms with van der Waals surface area (Å²) >= 11 is 0. The van der Waals surface area contributed by atoms with Crippen LogP contribution in [0.5, 0.6) is 0 Å². The first-order valence-corrected chi connectivity index (χ1v) is 6.43. The van der Waals surface area contributed by atoms with Crippen molar-refractivity contribution in [2.75, 3.05) is 19.8 Å². The summed E-state index contributed by atoms with van der Waals surface area (Å²) in [6.07, 6.45) is 1.36. The zero-order valence-electron chi connectivity index (χ0n) is 11.0. The van der Waals surface area contributed by atoms with Crippen LogP contribution in [0.15, 0.2) is 18.2 Å². The molecule has 1 aromatic rings. The lowest BCUT2D eigenvalue weighted by molar-refractivity contribution is -0.387. The molecular formula is C13H17FN2O4. The van der Waals surface area contributed by atoms with Crippen molar-refractivity contribution in [3.8, 4) is 0 Å². The number of aliphatic hydroxyl groups excluding tert-OH is 1. The lowest BCUT2D eigenvalue weighted by Gasteiger charge is -2.36. The third kappa shape index (κ3) is 3.30. The zero-order valence-corrected chi connectivity index (χ0v) is 11.0. The minimum absolute atomic E-state index is 0.0220. The van der Waals surface area contributed by atoms with E-state index < -0.39 is 22.0 Å². The third-order valence-electron chi connectivity index (χ3n) is 3.63. The Morgan fingerprint density at radius 3 is 2.70 bits per heavy atom. The molecule has 1 fully saturated rings. The molecule has 1 saturated heterocycles. The summed E-state index contributed by atoms with van der Waals surface area (Å²) in [6, 6.07) is 3.82. The van der Waals surface area contributed by atoms with Gasteiger partial charge in [0.25, 0.3) is 0 Å². The van der Waals surface area contributed by atoms with Gasteiger partial charge in [-0.1, -0.05) is 6.07 Å². The van der Waals surface area contributed by atoms with Crippen LogP contribution in [0.2, 0.25) is 0 Å². The molecule has 0 bridgehead atoms. The van der Waals surface area contributed by atoms with Crippen molar-refractivity contribution >= 4 is 5.69 Å². The summed E-state index contributed by atoms with van der Waals surface area (Å²) in [5, 5.41) is 23.3. The lowest BCUT2D eigenvalue weighted by atomic mass is 9.90. The van der Waals surface area contributed by atoms with E-state index in [1.165, 1.54) is 6.07 Å². The topological polar surface area (TPSA) is 84.6 Å². The Kier molecular flexibility index (Phi) is 4.64. The summed E-state index contributed by atoms with van der Waals surface area (Å²) in [7, 11) is 0. The van der Waals surface area contributed by atoms with Gasteiger partial charge >= 0.3 is 5.69 Å². The Labute approximate surface area is 115 Å². The second-order valence-corrected chi connectivity index (χ2v) is 4.95. The number of halogens is 1. The maximum Gasteiger partial charge on any atom is 0.304 e. The SMILES string of the molecule is O=[N+]([O-])c1ccc(CNC2(CO)CCOCC2)cc1F. The predicted octanol–water partition coefficient (Wildman–Crippen LogP) is 1.36. The molecule has 0 atom stereocenters. The smallest absolute Gasteiger partial charge is 0.304 e. The zero-order chi connectivity index (χ0) is 14.6. The van der Waals surface area contributed by atoms with Crippen LogP contribution in [0.3, 0.4) is 0 Å². The number of hydrogen-bond acceptors (Lipinski definition) is 5. The highest BCUT2D eigenvalue weighted by molar-refractivity contribution is 5.35. The molecule has 2 N–H and O–H groups in total. The summed E-state index contributed by atoms with van der Waals surface area (Å²) in [5.74, 6) is -0.848. The van der Waals surface area contributed by atoms with Crippen LogP contribution in [-0.4, -0.2) is 35.4 Å². The largest absolute Gasteiger partial charge is 0.394 e. The van der Waals surface area contributed by atoms with E-state index in [9.17, 15) is 19.6 Å².